The van der Waals surface area contributed by atoms with Crippen molar-refractivity contribution < 1.29 is 4.79 Å². The molecule has 0 saturated carbocycles. The van der Waals surface area contributed by atoms with Crippen molar-refractivity contribution in [3.05, 3.63) is 64.1 Å². The van der Waals surface area contributed by atoms with E-state index in [9.17, 15) is 4.79 Å². The molecule has 1 amide bonds. The number of rotatable bonds is 4. The minimum atomic E-state index is -0.179. The molecule has 2 N–H and O–H groups in total. The van der Waals surface area contributed by atoms with Gasteiger partial charge in [0.1, 0.15) is 0 Å². The fraction of sp³-hybridized carbons (Fsp3) is 0.409. The predicted octanol–water partition coefficient (Wildman–Crippen LogP) is 5.74. The van der Waals surface area contributed by atoms with E-state index in [1.54, 1.807) is 12.1 Å². The Labute approximate surface area is 171 Å². The Morgan fingerprint density at radius 1 is 1.11 bits per heavy atom. The molecule has 1 saturated heterocycles. The molecule has 2 aromatic carbocycles. The lowest BCUT2D eigenvalue weighted by Gasteiger charge is -2.29. The van der Waals surface area contributed by atoms with Gasteiger partial charge in [-0.15, -0.1) is 0 Å². The molecule has 27 heavy (non-hydrogen) atoms. The van der Waals surface area contributed by atoms with Gasteiger partial charge in [-0.1, -0.05) is 62.2 Å². The Kier molecular flexibility index (Phi) is 6.15. The third-order valence-electron chi connectivity index (χ3n) is 4.97. The zero-order valence-electron chi connectivity index (χ0n) is 15.9. The molecule has 144 valence electrons. The lowest BCUT2D eigenvalue weighted by Crippen LogP contribution is -2.38. The van der Waals surface area contributed by atoms with Crippen LogP contribution in [-0.2, 0) is 4.79 Å². The number of carbonyl (C=O) groups excluding carboxylic acids is 1. The number of benzene rings is 2. The second kappa shape index (κ2) is 8.22. The fourth-order valence-corrected chi connectivity index (χ4v) is 4.28. The molecule has 1 fully saturated rings. The molecule has 1 aliphatic rings. The molecule has 3 unspecified atom stereocenters. The maximum absolute atomic E-state index is 13.3. The Hall–Kier alpha value is -1.55. The van der Waals surface area contributed by atoms with Gasteiger partial charge in [0.2, 0.25) is 5.91 Å². The number of hydrogen-bond donors (Lipinski definition) is 2. The Morgan fingerprint density at radius 2 is 1.78 bits per heavy atom. The van der Waals surface area contributed by atoms with Crippen molar-refractivity contribution in [1.29, 1.82) is 0 Å². The van der Waals surface area contributed by atoms with Crippen molar-refractivity contribution >= 4 is 34.8 Å². The van der Waals surface area contributed by atoms with Crippen LogP contribution in [0, 0.1) is 11.3 Å². The number of nitrogens with one attached hydrogen (secondary N) is 2. The summed E-state index contributed by atoms with van der Waals surface area (Å²) < 4.78 is 0. The Balaban J connectivity index is 1.88. The van der Waals surface area contributed by atoms with Gasteiger partial charge in [0, 0.05) is 34.2 Å². The highest BCUT2D eigenvalue weighted by Gasteiger charge is 2.42. The van der Waals surface area contributed by atoms with E-state index in [0.29, 0.717) is 10.0 Å². The number of amides is 1. The summed E-state index contributed by atoms with van der Waals surface area (Å²) in [6.45, 7) is 7.36. The van der Waals surface area contributed by atoms with Crippen molar-refractivity contribution in [2.24, 2.45) is 11.3 Å². The van der Waals surface area contributed by atoms with Gasteiger partial charge in [-0.2, -0.15) is 0 Å². The number of halogens is 2. The number of hydrogen-bond acceptors (Lipinski definition) is 2. The monoisotopic (exact) mass is 404 g/mol. The second-order valence-corrected chi connectivity index (χ2v) is 9.34. The van der Waals surface area contributed by atoms with E-state index in [1.165, 1.54) is 0 Å². The van der Waals surface area contributed by atoms with Crippen molar-refractivity contribution in [2.45, 2.75) is 39.2 Å². The van der Waals surface area contributed by atoms with E-state index in [4.69, 9.17) is 23.2 Å². The van der Waals surface area contributed by atoms with Gasteiger partial charge >= 0.3 is 0 Å². The van der Waals surface area contributed by atoms with Crippen molar-refractivity contribution in [3.8, 4) is 0 Å². The van der Waals surface area contributed by atoms with Gasteiger partial charge in [0.25, 0.3) is 0 Å². The highest BCUT2D eigenvalue weighted by Crippen LogP contribution is 2.38. The molecule has 0 spiro atoms. The van der Waals surface area contributed by atoms with E-state index in [2.05, 4.69) is 37.5 Å². The predicted molar refractivity (Wildman–Crippen MR) is 114 cm³/mol. The summed E-state index contributed by atoms with van der Waals surface area (Å²) in [5.74, 6) is -0.0848. The average Bonchev–Trinajstić information content (AvgIpc) is 2.96. The quantitative estimate of drug-likeness (QED) is 0.681. The van der Waals surface area contributed by atoms with Gasteiger partial charge in [0.15, 0.2) is 0 Å². The summed E-state index contributed by atoms with van der Waals surface area (Å²) in [6, 6.07) is 15.2. The fourth-order valence-electron chi connectivity index (χ4n) is 3.89. The zero-order valence-corrected chi connectivity index (χ0v) is 17.4. The summed E-state index contributed by atoms with van der Waals surface area (Å²) in [5.41, 5.74) is 1.94. The number of anilines is 1. The summed E-state index contributed by atoms with van der Waals surface area (Å²) in [7, 11) is 0. The molecule has 0 aliphatic carbocycles. The van der Waals surface area contributed by atoms with Crippen LogP contribution in [0.3, 0.4) is 0 Å². The first kappa shape index (κ1) is 20.2. The summed E-state index contributed by atoms with van der Waals surface area (Å²) in [4.78, 5) is 13.3. The highest BCUT2D eigenvalue weighted by molar-refractivity contribution is 6.31. The standard InChI is InChI=1S/C22H26Cl2N2O/c1-22(2,3)12-19-20(21(27)26-17-9-5-8-16(24)11-17)18(13-25-19)14-6-4-7-15(23)10-14/h4-11,18-20,25H,12-13H2,1-3H3,(H,26,27). The molecular formula is C22H26Cl2N2O. The van der Waals surface area contributed by atoms with Crippen molar-refractivity contribution in [3.63, 3.8) is 0 Å². The molecule has 3 nitrogen and oxygen atoms in total. The first-order valence-electron chi connectivity index (χ1n) is 9.28. The van der Waals surface area contributed by atoms with Gasteiger partial charge in [0.05, 0.1) is 5.92 Å². The van der Waals surface area contributed by atoms with Crippen molar-refractivity contribution in [1.82, 2.24) is 5.32 Å². The smallest absolute Gasteiger partial charge is 0.229 e. The van der Waals surface area contributed by atoms with Crippen LogP contribution in [0.4, 0.5) is 5.69 Å². The van der Waals surface area contributed by atoms with Crippen LogP contribution in [0.15, 0.2) is 48.5 Å². The number of carbonyl (C=O) groups is 1. The van der Waals surface area contributed by atoms with Crippen LogP contribution in [0.5, 0.6) is 0 Å². The van der Waals surface area contributed by atoms with Crippen LogP contribution < -0.4 is 10.6 Å². The summed E-state index contributed by atoms with van der Waals surface area (Å²) in [6.07, 6.45) is 0.914. The lowest BCUT2D eigenvalue weighted by molar-refractivity contribution is -0.120. The van der Waals surface area contributed by atoms with Gasteiger partial charge in [-0.05, 0) is 47.7 Å². The van der Waals surface area contributed by atoms with Gasteiger partial charge < -0.3 is 10.6 Å². The molecule has 0 radical (unpaired) electrons. The van der Waals surface area contributed by atoms with Crippen LogP contribution in [0.2, 0.25) is 10.0 Å². The molecule has 0 bridgehead atoms. The average molecular weight is 405 g/mol. The van der Waals surface area contributed by atoms with Crippen LogP contribution >= 0.6 is 23.2 Å². The zero-order chi connectivity index (χ0) is 19.6. The third-order valence-corrected chi connectivity index (χ3v) is 5.44. The molecule has 3 atom stereocenters. The Bertz CT molecular complexity index is 816. The lowest BCUT2D eigenvalue weighted by atomic mass is 9.78. The van der Waals surface area contributed by atoms with Gasteiger partial charge in [-0.25, -0.2) is 0 Å². The molecule has 1 aliphatic heterocycles. The van der Waals surface area contributed by atoms with E-state index < -0.39 is 0 Å². The largest absolute Gasteiger partial charge is 0.326 e. The maximum atomic E-state index is 13.3. The first-order valence-corrected chi connectivity index (χ1v) is 10.0. The summed E-state index contributed by atoms with van der Waals surface area (Å²) >= 11 is 12.3. The molecule has 5 heteroatoms. The minimum absolute atomic E-state index is 0.0153. The first-order chi connectivity index (χ1) is 12.7. The van der Waals surface area contributed by atoms with Crippen LogP contribution in [0.1, 0.15) is 38.7 Å². The molecule has 3 rings (SSSR count). The molecular weight excluding hydrogens is 379 g/mol. The van der Waals surface area contributed by atoms with E-state index in [-0.39, 0.29) is 29.2 Å². The minimum Gasteiger partial charge on any atom is -0.326 e. The topological polar surface area (TPSA) is 41.1 Å². The third kappa shape index (κ3) is 5.25. The molecule has 0 aromatic heterocycles. The SMILES string of the molecule is CC(C)(C)CC1NCC(c2cccc(Cl)c2)C1C(=O)Nc1cccc(Cl)c1. The molecule has 1 heterocycles. The maximum Gasteiger partial charge on any atom is 0.229 e. The van der Waals surface area contributed by atoms with Crippen molar-refractivity contribution in [2.75, 3.05) is 11.9 Å². The van der Waals surface area contributed by atoms with Crippen LogP contribution in [0.25, 0.3) is 0 Å². The van der Waals surface area contributed by atoms with E-state index >= 15 is 0 Å². The Morgan fingerprint density at radius 3 is 2.41 bits per heavy atom. The van der Waals surface area contributed by atoms with Gasteiger partial charge in [-0.3, -0.25) is 4.79 Å². The van der Waals surface area contributed by atoms with Crippen LogP contribution in [-0.4, -0.2) is 18.5 Å². The van der Waals surface area contributed by atoms with E-state index in [1.807, 2.05) is 30.3 Å². The molecule has 2 aromatic rings. The highest BCUT2D eigenvalue weighted by atomic mass is 35.5. The van der Waals surface area contributed by atoms with E-state index in [0.717, 1.165) is 24.2 Å². The normalized spacial score (nSPS) is 22.6. The second-order valence-electron chi connectivity index (χ2n) is 8.47. The summed E-state index contributed by atoms with van der Waals surface area (Å²) in [5, 5.41) is 7.94.